The maximum atomic E-state index is 12.4. The second-order valence-electron chi connectivity index (χ2n) is 6.91. The molecule has 1 amide bonds. The van der Waals surface area contributed by atoms with E-state index in [0.717, 1.165) is 23.9 Å². The minimum Gasteiger partial charge on any atom is -0.381 e. The quantitative estimate of drug-likeness (QED) is 0.806. The third-order valence-electron chi connectivity index (χ3n) is 5.17. The van der Waals surface area contributed by atoms with Crippen molar-refractivity contribution < 1.29 is 9.53 Å². The van der Waals surface area contributed by atoms with Gasteiger partial charge in [0.15, 0.2) is 0 Å². The number of carbonyl (C=O) groups is 1. The standard InChI is InChI=1S/C19H27N3O2/c1-11-8-15(18-16(9-11)12(2)13(3)22-18)10-21-19(23)17(20)14-4-6-24-7-5-14/h8-9,14,17,22H,4-7,10,20H2,1-3H3,(H,21,23). The first-order valence-electron chi connectivity index (χ1n) is 8.67. The number of hydrogen-bond acceptors (Lipinski definition) is 3. The zero-order valence-electron chi connectivity index (χ0n) is 14.7. The van der Waals surface area contributed by atoms with Crippen LogP contribution in [0, 0.1) is 26.7 Å². The summed E-state index contributed by atoms with van der Waals surface area (Å²) in [4.78, 5) is 15.9. The van der Waals surface area contributed by atoms with Gasteiger partial charge in [0.25, 0.3) is 0 Å². The molecule has 1 saturated heterocycles. The van der Waals surface area contributed by atoms with Crippen LogP contribution in [-0.2, 0) is 16.1 Å². The average Bonchev–Trinajstić information content (AvgIpc) is 2.87. The van der Waals surface area contributed by atoms with Crippen molar-refractivity contribution in [2.45, 2.75) is 46.2 Å². The number of rotatable bonds is 4. The minimum atomic E-state index is -0.457. The molecule has 24 heavy (non-hydrogen) atoms. The lowest BCUT2D eigenvalue weighted by molar-refractivity contribution is -0.124. The van der Waals surface area contributed by atoms with Crippen molar-refractivity contribution in [3.63, 3.8) is 0 Å². The zero-order valence-corrected chi connectivity index (χ0v) is 14.7. The van der Waals surface area contributed by atoms with Crippen molar-refractivity contribution in [2.75, 3.05) is 13.2 Å². The summed E-state index contributed by atoms with van der Waals surface area (Å²) in [5.41, 5.74) is 12.0. The average molecular weight is 329 g/mol. The molecule has 1 fully saturated rings. The largest absolute Gasteiger partial charge is 0.381 e. The SMILES string of the molecule is Cc1cc(CNC(=O)C(N)C2CCOCC2)c2[nH]c(C)c(C)c2c1. The number of fused-ring (bicyclic) bond motifs is 1. The van der Waals surface area contributed by atoms with Gasteiger partial charge in [0.1, 0.15) is 0 Å². The summed E-state index contributed by atoms with van der Waals surface area (Å²) in [5.74, 6) is 0.141. The highest BCUT2D eigenvalue weighted by atomic mass is 16.5. The first kappa shape index (κ1) is 17.0. The lowest BCUT2D eigenvalue weighted by Crippen LogP contribution is -2.46. The van der Waals surface area contributed by atoms with E-state index in [4.69, 9.17) is 10.5 Å². The monoisotopic (exact) mass is 329 g/mol. The normalized spacial score (nSPS) is 17.2. The second-order valence-corrected chi connectivity index (χ2v) is 6.91. The fourth-order valence-corrected chi connectivity index (χ4v) is 3.52. The van der Waals surface area contributed by atoms with Crippen molar-refractivity contribution in [3.05, 3.63) is 34.5 Å². The Kier molecular flexibility index (Phi) is 4.92. The molecule has 3 rings (SSSR count). The fourth-order valence-electron chi connectivity index (χ4n) is 3.52. The van der Waals surface area contributed by atoms with Gasteiger partial charge in [0, 0.05) is 30.8 Å². The van der Waals surface area contributed by atoms with Crippen LogP contribution in [0.2, 0.25) is 0 Å². The Labute approximate surface area is 142 Å². The Balaban J connectivity index is 1.73. The number of aryl methyl sites for hydroxylation is 3. The van der Waals surface area contributed by atoms with E-state index in [9.17, 15) is 4.79 Å². The number of ether oxygens (including phenoxy) is 1. The maximum absolute atomic E-state index is 12.4. The molecule has 1 unspecified atom stereocenters. The van der Waals surface area contributed by atoms with Crippen LogP contribution in [-0.4, -0.2) is 30.1 Å². The van der Waals surface area contributed by atoms with E-state index in [1.165, 1.54) is 22.2 Å². The van der Waals surface area contributed by atoms with E-state index >= 15 is 0 Å². The maximum Gasteiger partial charge on any atom is 0.237 e. The number of hydrogen-bond donors (Lipinski definition) is 3. The first-order chi connectivity index (χ1) is 11.5. The molecule has 0 aliphatic carbocycles. The highest BCUT2D eigenvalue weighted by molar-refractivity contribution is 5.88. The molecule has 130 valence electrons. The number of benzene rings is 1. The van der Waals surface area contributed by atoms with Gasteiger partial charge >= 0.3 is 0 Å². The van der Waals surface area contributed by atoms with Crippen molar-refractivity contribution in [1.29, 1.82) is 0 Å². The van der Waals surface area contributed by atoms with Gasteiger partial charge in [-0.3, -0.25) is 4.79 Å². The smallest absolute Gasteiger partial charge is 0.237 e. The van der Waals surface area contributed by atoms with E-state index in [2.05, 4.69) is 43.2 Å². The summed E-state index contributed by atoms with van der Waals surface area (Å²) in [6, 6.07) is 3.85. The van der Waals surface area contributed by atoms with E-state index in [0.29, 0.717) is 19.8 Å². The highest BCUT2D eigenvalue weighted by Gasteiger charge is 2.26. The van der Waals surface area contributed by atoms with E-state index in [1.54, 1.807) is 0 Å². The molecule has 5 heteroatoms. The molecular formula is C19H27N3O2. The van der Waals surface area contributed by atoms with Gasteiger partial charge in [0.05, 0.1) is 11.6 Å². The second kappa shape index (κ2) is 6.95. The molecule has 1 aromatic heterocycles. The molecule has 0 saturated carbocycles. The van der Waals surface area contributed by atoms with Gasteiger partial charge in [-0.25, -0.2) is 0 Å². The number of nitrogens with one attached hydrogen (secondary N) is 2. The summed E-state index contributed by atoms with van der Waals surface area (Å²) < 4.78 is 5.34. The van der Waals surface area contributed by atoms with Crippen LogP contribution in [0.15, 0.2) is 12.1 Å². The Morgan fingerprint density at radius 2 is 2.04 bits per heavy atom. The minimum absolute atomic E-state index is 0.0726. The van der Waals surface area contributed by atoms with E-state index in [-0.39, 0.29) is 11.8 Å². The third kappa shape index (κ3) is 3.32. The summed E-state index contributed by atoms with van der Waals surface area (Å²) in [6.45, 7) is 8.18. The van der Waals surface area contributed by atoms with Crippen LogP contribution in [0.3, 0.4) is 0 Å². The van der Waals surface area contributed by atoms with Crippen molar-refractivity contribution >= 4 is 16.8 Å². The first-order valence-corrected chi connectivity index (χ1v) is 8.67. The van der Waals surface area contributed by atoms with Crippen molar-refractivity contribution in [3.8, 4) is 0 Å². The summed E-state index contributed by atoms with van der Waals surface area (Å²) in [7, 11) is 0. The van der Waals surface area contributed by atoms with Crippen molar-refractivity contribution in [1.82, 2.24) is 10.3 Å². The van der Waals surface area contributed by atoms with Crippen LogP contribution < -0.4 is 11.1 Å². The molecule has 2 heterocycles. The highest BCUT2D eigenvalue weighted by Crippen LogP contribution is 2.26. The molecule has 1 aromatic carbocycles. The van der Waals surface area contributed by atoms with Crippen molar-refractivity contribution in [2.24, 2.45) is 11.7 Å². The van der Waals surface area contributed by atoms with Gasteiger partial charge in [-0.2, -0.15) is 0 Å². The van der Waals surface area contributed by atoms with Crippen LogP contribution in [0.1, 0.15) is 35.2 Å². The predicted octanol–water partition coefficient (Wildman–Crippen LogP) is 2.46. The molecule has 0 radical (unpaired) electrons. The number of aromatic amines is 1. The molecule has 1 aliphatic rings. The molecule has 1 atom stereocenters. The van der Waals surface area contributed by atoms with Gasteiger partial charge in [-0.05, 0) is 56.7 Å². The molecule has 0 spiro atoms. The Morgan fingerprint density at radius 1 is 1.33 bits per heavy atom. The Hall–Kier alpha value is -1.85. The Morgan fingerprint density at radius 3 is 2.75 bits per heavy atom. The zero-order chi connectivity index (χ0) is 17.3. The van der Waals surface area contributed by atoms with Gasteiger partial charge in [-0.15, -0.1) is 0 Å². The predicted molar refractivity (Wildman–Crippen MR) is 95.9 cm³/mol. The van der Waals surface area contributed by atoms with Gasteiger partial charge < -0.3 is 20.8 Å². The third-order valence-corrected chi connectivity index (χ3v) is 5.17. The molecule has 5 nitrogen and oxygen atoms in total. The number of carbonyl (C=O) groups excluding carboxylic acids is 1. The van der Waals surface area contributed by atoms with Gasteiger partial charge in [0.2, 0.25) is 5.91 Å². The number of aromatic nitrogens is 1. The Bertz CT molecular complexity index is 745. The van der Waals surface area contributed by atoms with E-state index < -0.39 is 6.04 Å². The van der Waals surface area contributed by atoms with Gasteiger partial charge in [-0.1, -0.05) is 11.6 Å². The molecular weight excluding hydrogens is 302 g/mol. The summed E-state index contributed by atoms with van der Waals surface area (Å²) in [5, 5.41) is 4.25. The van der Waals surface area contributed by atoms with Crippen LogP contribution in [0.5, 0.6) is 0 Å². The van der Waals surface area contributed by atoms with E-state index in [1.807, 2.05) is 0 Å². The lowest BCUT2D eigenvalue weighted by atomic mass is 9.92. The molecule has 0 bridgehead atoms. The fraction of sp³-hybridized carbons (Fsp3) is 0.526. The molecule has 1 aliphatic heterocycles. The summed E-state index contributed by atoms with van der Waals surface area (Å²) in [6.07, 6.45) is 1.72. The summed E-state index contributed by atoms with van der Waals surface area (Å²) >= 11 is 0. The number of amides is 1. The molecule has 2 aromatic rings. The lowest BCUT2D eigenvalue weighted by Gasteiger charge is -2.26. The number of H-pyrrole nitrogens is 1. The van der Waals surface area contributed by atoms with Crippen LogP contribution in [0.4, 0.5) is 0 Å². The topological polar surface area (TPSA) is 80.1 Å². The van der Waals surface area contributed by atoms with Crippen LogP contribution >= 0.6 is 0 Å². The number of nitrogens with two attached hydrogens (primary N) is 1. The molecule has 4 N–H and O–H groups in total. The van der Waals surface area contributed by atoms with Crippen LogP contribution in [0.25, 0.3) is 10.9 Å².